The van der Waals surface area contributed by atoms with E-state index in [4.69, 9.17) is 4.74 Å². The number of aryl methyl sites for hydroxylation is 2. The van der Waals surface area contributed by atoms with Crippen molar-refractivity contribution < 1.29 is 14.3 Å². The third-order valence-corrected chi connectivity index (χ3v) is 7.66. The minimum Gasteiger partial charge on any atom is -0.496 e. The van der Waals surface area contributed by atoms with Gasteiger partial charge >= 0.3 is 6.03 Å². The molecule has 2 aromatic rings. The van der Waals surface area contributed by atoms with Gasteiger partial charge in [0.05, 0.1) is 7.11 Å². The van der Waals surface area contributed by atoms with Crippen LogP contribution in [-0.4, -0.2) is 79.6 Å². The van der Waals surface area contributed by atoms with Crippen molar-refractivity contribution in [2.75, 3.05) is 58.2 Å². The predicted octanol–water partition coefficient (Wildman–Crippen LogP) is 6.47. The summed E-state index contributed by atoms with van der Waals surface area (Å²) >= 11 is 0. The van der Waals surface area contributed by atoms with E-state index < -0.39 is 0 Å². The van der Waals surface area contributed by atoms with E-state index in [1.165, 1.54) is 0 Å². The maximum Gasteiger partial charge on any atom is 0.321 e. The van der Waals surface area contributed by atoms with Gasteiger partial charge in [-0.1, -0.05) is 76.2 Å². The third-order valence-electron chi connectivity index (χ3n) is 7.66. The number of rotatable bonds is 11. The summed E-state index contributed by atoms with van der Waals surface area (Å²) in [5.74, 6) is 1.33. The lowest BCUT2D eigenvalue weighted by Crippen LogP contribution is -2.51. The molecule has 1 aliphatic heterocycles. The van der Waals surface area contributed by atoms with Crippen LogP contribution in [0.3, 0.4) is 0 Å². The molecule has 7 heteroatoms. The van der Waals surface area contributed by atoms with Gasteiger partial charge in [-0.25, -0.2) is 4.79 Å². The molecular weight excluding hydrogens is 512 g/mol. The fourth-order valence-electron chi connectivity index (χ4n) is 5.61. The van der Waals surface area contributed by atoms with Crippen LogP contribution in [0.1, 0.15) is 57.2 Å². The van der Waals surface area contributed by atoms with E-state index in [-0.39, 0.29) is 17.4 Å². The fourth-order valence-corrected chi connectivity index (χ4v) is 5.61. The predicted molar refractivity (Wildman–Crippen MR) is 169 cm³/mol. The summed E-state index contributed by atoms with van der Waals surface area (Å²) in [6.07, 6.45) is 5.65. The number of anilines is 1. The molecule has 0 aliphatic carbocycles. The molecule has 41 heavy (non-hydrogen) atoms. The average molecular weight is 563 g/mol. The quantitative estimate of drug-likeness (QED) is 0.341. The molecule has 2 aromatic carbocycles. The number of urea groups is 1. The first kappa shape index (κ1) is 32.2. The number of nitrogens with one attached hydrogen (secondary N) is 1. The molecule has 3 amide bonds. The number of benzene rings is 2. The van der Waals surface area contributed by atoms with Crippen LogP contribution in [0, 0.1) is 25.2 Å². The van der Waals surface area contributed by atoms with Crippen molar-refractivity contribution in [1.82, 2.24) is 14.7 Å². The van der Waals surface area contributed by atoms with Crippen LogP contribution in [0.25, 0.3) is 6.08 Å². The summed E-state index contributed by atoms with van der Waals surface area (Å²) in [5, 5.41) is 3.11. The Morgan fingerprint density at radius 1 is 1.02 bits per heavy atom. The monoisotopic (exact) mass is 562 g/mol. The van der Waals surface area contributed by atoms with Crippen LogP contribution in [0.2, 0.25) is 0 Å². The Kier molecular flexibility index (Phi) is 11.8. The van der Waals surface area contributed by atoms with Crippen LogP contribution in [0.15, 0.2) is 48.5 Å². The van der Waals surface area contributed by atoms with Crippen molar-refractivity contribution in [2.45, 2.75) is 54.4 Å². The highest BCUT2D eigenvalue weighted by molar-refractivity contribution is 5.91. The summed E-state index contributed by atoms with van der Waals surface area (Å²) in [5.41, 5.74) is 4.23. The Labute approximate surface area is 247 Å². The molecule has 0 saturated carbocycles. The number of carbonyl (C=O) groups excluding carboxylic acids is 2. The van der Waals surface area contributed by atoms with E-state index in [2.05, 4.69) is 44.0 Å². The van der Waals surface area contributed by atoms with Crippen LogP contribution in [-0.2, 0) is 4.79 Å². The first-order valence-electron chi connectivity index (χ1n) is 14.9. The van der Waals surface area contributed by atoms with Crippen molar-refractivity contribution in [3.63, 3.8) is 0 Å². The topological polar surface area (TPSA) is 65.1 Å². The molecule has 1 unspecified atom stereocenters. The molecule has 3 rings (SSSR count). The molecule has 1 fully saturated rings. The van der Waals surface area contributed by atoms with Crippen LogP contribution in [0.5, 0.6) is 5.75 Å². The number of hydrogen-bond donors (Lipinski definition) is 1. The number of ether oxygens (including phenoxy) is 1. The lowest BCUT2D eigenvalue weighted by atomic mass is 9.84. The zero-order valence-electron chi connectivity index (χ0n) is 26.2. The van der Waals surface area contributed by atoms with E-state index in [0.29, 0.717) is 38.5 Å². The molecule has 0 spiro atoms. The van der Waals surface area contributed by atoms with E-state index in [9.17, 15) is 9.59 Å². The molecule has 1 atom stereocenters. The van der Waals surface area contributed by atoms with Crippen LogP contribution in [0.4, 0.5) is 10.5 Å². The van der Waals surface area contributed by atoms with Crippen LogP contribution < -0.4 is 10.1 Å². The molecule has 0 radical (unpaired) electrons. The van der Waals surface area contributed by atoms with Gasteiger partial charge in [-0.05, 0) is 48.8 Å². The Hall–Kier alpha value is -3.32. The number of methoxy groups -OCH3 is 1. The van der Waals surface area contributed by atoms with Gasteiger partial charge in [-0.3, -0.25) is 9.69 Å². The molecular formula is C34H50N4O3. The van der Waals surface area contributed by atoms with Gasteiger partial charge < -0.3 is 19.9 Å². The van der Waals surface area contributed by atoms with Gasteiger partial charge in [-0.2, -0.15) is 0 Å². The van der Waals surface area contributed by atoms with E-state index in [1.807, 2.05) is 72.2 Å². The Morgan fingerprint density at radius 2 is 1.68 bits per heavy atom. The van der Waals surface area contributed by atoms with Gasteiger partial charge in [0, 0.05) is 63.5 Å². The van der Waals surface area contributed by atoms with Gasteiger partial charge in [0.1, 0.15) is 5.75 Å². The summed E-state index contributed by atoms with van der Waals surface area (Å²) in [4.78, 5) is 32.6. The Morgan fingerprint density at radius 3 is 2.32 bits per heavy atom. The second-order valence-corrected chi connectivity index (χ2v) is 12.6. The zero-order valence-corrected chi connectivity index (χ0v) is 26.2. The highest BCUT2D eigenvalue weighted by atomic mass is 16.5. The molecule has 1 N–H and O–H groups in total. The minimum absolute atomic E-state index is 0.0480. The molecule has 1 aliphatic rings. The molecule has 7 nitrogen and oxygen atoms in total. The highest BCUT2D eigenvalue weighted by Gasteiger charge is 2.24. The lowest BCUT2D eigenvalue weighted by Gasteiger charge is -2.36. The molecule has 1 saturated heterocycles. The standard InChI is InChI=1S/C34H50N4O3/c1-26(25-34(4,5)6)24-31(39)37(17-11-15-29-14-8-9-16-30(29)41-7)21-18-36-19-22-38(23-20-36)33(40)35-32-27(2)12-10-13-28(32)3/h8-16,26H,17-25H2,1-7H3,(H,35,40). The number of piperazine rings is 1. The third kappa shape index (κ3) is 10.2. The number of hydrogen-bond acceptors (Lipinski definition) is 4. The van der Waals surface area contributed by atoms with Crippen molar-refractivity contribution in [3.8, 4) is 5.75 Å². The molecule has 1 heterocycles. The first-order chi connectivity index (χ1) is 19.5. The second kappa shape index (κ2) is 15.1. The second-order valence-electron chi connectivity index (χ2n) is 12.6. The van der Waals surface area contributed by atoms with Crippen molar-refractivity contribution in [1.29, 1.82) is 0 Å². The number of amides is 3. The molecule has 224 valence electrons. The van der Waals surface area contributed by atoms with E-state index in [0.717, 1.165) is 54.2 Å². The normalized spacial score (nSPS) is 15.1. The van der Waals surface area contributed by atoms with E-state index in [1.54, 1.807) is 7.11 Å². The Bertz CT molecular complexity index is 1160. The maximum atomic E-state index is 13.4. The van der Waals surface area contributed by atoms with Gasteiger partial charge in [-0.15, -0.1) is 0 Å². The first-order valence-corrected chi connectivity index (χ1v) is 14.9. The molecule has 0 aromatic heterocycles. The van der Waals surface area contributed by atoms with Crippen molar-refractivity contribution in [3.05, 3.63) is 65.2 Å². The zero-order chi connectivity index (χ0) is 30.0. The fraction of sp³-hybridized carbons (Fsp3) is 0.529. The largest absolute Gasteiger partial charge is 0.496 e. The number of para-hydroxylation sites is 2. The van der Waals surface area contributed by atoms with E-state index >= 15 is 0 Å². The highest BCUT2D eigenvalue weighted by Crippen LogP contribution is 2.26. The van der Waals surface area contributed by atoms with Crippen molar-refractivity contribution in [2.24, 2.45) is 11.3 Å². The molecule has 0 bridgehead atoms. The minimum atomic E-state index is -0.0480. The summed E-state index contributed by atoms with van der Waals surface area (Å²) in [6, 6.07) is 13.9. The van der Waals surface area contributed by atoms with Crippen molar-refractivity contribution >= 4 is 23.7 Å². The van der Waals surface area contributed by atoms with Crippen LogP contribution >= 0.6 is 0 Å². The van der Waals surface area contributed by atoms with Gasteiger partial charge in [0.2, 0.25) is 5.91 Å². The number of nitrogens with zero attached hydrogens (tertiary/aromatic N) is 3. The summed E-state index contributed by atoms with van der Waals surface area (Å²) in [6.45, 7) is 17.8. The Balaban J connectivity index is 1.57. The smallest absolute Gasteiger partial charge is 0.321 e. The van der Waals surface area contributed by atoms with Gasteiger partial charge in [0.25, 0.3) is 0 Å². The SMILES string of the molecule is COc1ccccc1C=CCN(CCN1CCN(C(=O)Nc2c(C)cccc2C)CC1)C(=O)CC(C)CC(C)(C)C. The lowest BCUT2D eigenvalue weighted by molar-refractivity contribution is -0.132. The summed E-state index contributed by atoms with van der Waals surface area (Å²) < 4.78 is 5.48. The summed E-state index contributed by atoms with van der Waals surface area (Å²) in [7, 11) is 1.67. The maximum absolute atomic E-state index is 13.4. The van der Waals surface area contributed by atoms with Gasteiger partial charge in [0.15, 0.2) is 0 Å². The number of carbonyl (C=O) groups is 2. The average Bonchev–Trinajstić information content (AvgIpc) is 2.92.